The summed E-state index contributed by atoms with van der Waals surface area (Å²) in [4.78, 5) is 28.2. The van der Waals surface area contributed by atoms with E-state index in [9.17, 15) is 9.59 Å². The van der Waals surface area contributed by atoms with Crippen LogP contribution in [0.5, 0.6) is 0 Å². The Hall–Kier alpha value is -2.30. The molecule has 2 heterocycles. The molecule has 2 N–H and O–H groups in total. The summed E-state index contributed by atoms with van der Waals surface area (Å²) < 4.78 is 0. The number of aliphatic carboxylic acids is 1. The summed E-state index contributed by atoms with van der Waals surface area (Å²) in [6.07, 6.45) is 3.55. The first-order valence-electron chi connectivity index (χ1n) is 7.22. The van der Waals surface area contributed by atoms with Gasteiger partial charge in [-0.15, -0.1) is 0 Å². The van der Waals surface area contributed by atoms with E-state index in [1.165, 1.54) is 0 Å². The first-order valence-corrected chi connectivity index (χ1v) is 7.22. The van der Waals surface area contributed by atoms with Gasteiger partial charge in [0.1, 0.15) is 0 Å². The van der Waals surface area contributed by atoms with Crippen molar-refractivity contribution in [3.05, 3.63) is 36.0 Å². The van der Waals surface area contributed by atoms with Crippen LogP contribution in [-0.2, 0) is 4.79 Å². The van der Waals surface area contributed by atoms with E-state index in [1.807, 2.05) is 35.4 Å². The molecule has 0 bridgehead atoms. The van der Waals surface area contributed by atoms with E-state index in [2.05, 4.69) is 4.98 Å². The summed E-state index contributed by atoms with van der Waals surface area (Å²) in [5.74, 6) is -0.440. The Kier molecular flexibility index (Phi) is 3.64. The molecule has 5 heteroatoms. The predicted octanol–water partition coefficient (Wildman–Crippen LogP) is 2.49. The SMILES string of the molecule is O=C(O)CCC1CCN(C(=O)c2cccc3cc[nH]c23)C1. The summed E-state index contributed by atoms with van der Waals surface area (Å²) in [6.45, 7) is 1.36. The number of carboxylic acids is 1. The van der Waals surface area contributed by atoms with E-state index in [4.69, 9.17) is 5.11 Å². The molecule has 0 radical (unpaired) electrons. The molecule has 21 heavy (non-hydrogen) atoms. The highest BCUT2D eigenvalue weighted by molar-refractivity contribution is 6.05. The largest absolute Gasteiger partial charge is 0.481 e. The minimum absolute atomic E-state index is 0.0286. The lowest BCUT2D eigenvalue weighted by Crippen LogP contribution is -2.29. The molecule has 1 unspecified atom stereocenters. The zero-order valence-electron chi connectivity index (χ0n) is 11.7. The maximum atomic E-state index is 12.6. The fourth-order valence-electron chi connectivity index (χ4n) is 3.01. The molecule has 0 spiro atoms. The molecule has 110 valence electrons. The number of amides is 1. The number of carboxylic acid groups (broad SMARTS) is 1. The van der Waals surface area contributed by atoms with Gasteiger partial charge < -0.3 is 15.0 Å². The number of hydrogen-bond donors (Lipinski definition) is 2. The fourth-order valence-corrected chi connectivity index (χ4v) is 3.01. The number of rotatable bonds is 4. The Labute approximate surface area is 122 Å². The molecule has 1 atom stereocenters. The van der Waals surface area contributed by atoms with Crippen LogP contribution in [0.2, 0.25) is 0 Å². The molecular weight excluding hydrogens is 268 g/mol. The Bertz CT molecular complexity index is 677. The molecular formula is C16H18N2O3. The lowest BCUT2D eigenvalue weighted by Gasteiger charge is -2.17. The van der Waals surface area contributed by atoms with E-state index < -0.39 is 5.97 Å². The lowest BCUT2D eigenvalue weighted by atomic mass is 10.0. The molecule has 2 aromatic rings. The maximum absolute atomic E-state index is 12.6. The van der Waals surface area contributed by atoms with Crippen molar-refractivity contribution < 1.29 is 14.7 Å². The van der Waals surface area contributed by atoms with Gasteiger partial charge >= 0.3 is 5.97 Å². The average molecular weight is 286 g/mol. The quantitative estimate of drug-likeness (QED) is 0.907. The molecule has 0 aliphatic carbocycles. The topological polar surface area (TPSA) is 73.4 Å². The second-order valence-corrected chi connectivity index (χ2v) is 5.59. The van der Waals surface area contributed by atoms with Crippen LogP contribution in [0.15, 0.2) is 30.5 Å². The third-order valence-electron chi connectivity index (χ3n) is 4.16. The number of aromatic nitrogens is 1. The van der Waals surface area contributed by atoms with E-state index in [-0.39, 0.29) is 12.3 Å². The van der Waals surface area contributed by atoms with Gasteiger partial charge in [0.15, 0.2) is 0 Å². The van der Waals surface area contributed by atoms with Gasteiger partial charge in [-0.3, -0.25) is 9.59 Å². The molecule has 0 saturated carbocycles. The molecule has 1 amide bonds. The third-order valence-corrected chi connectivity index (χ3v) is 4.16. The summed E-state index contributed by atoms with van der Waals surface area (Å²) in [6, 6.07) is 7.65. The van der Waals surface area contributed by atoms with Crippen LogP contribution in [0, 0.1) is 5.92 Å². The van der Waals surface area contributed by atoms with Gasteiger partial charge in [0, 0.05) is 31.1 Å². The van der Waals surface area contributed by atoms with Gasteiger partial charge in [0.05, 0.1) is 11.1 Å². The first kappa shape index (κ1) is 13.7. The highest BCUT2D eigenvalue weighted by Gasteiger charge is 2.28. The zero-order chi connectivity index (χ0) is 14.8. The van der Waals surface area contributed by atoms with Gasteiger partial charge in [-0.05, 0) is 30.9 Å². The van der Waals surface area contributed by atoms with E-state index in [0.717, 1.165) is 17.3 Å². The number of nitrogens with one attached hydrogen (secondary N) is 1. The van der Waals surface area contributed by atoms with Crippen LogP contribution >= 0.6 is 0 Å². The van der Waals surface area contributed by atoms with Crippen LogP contribution in [0.25, 0.3) is 10.9 Å². The number of fused-ring (bicyclic) bond motifs is 1. The van der Waals surface area contributed by atoms with Crippen LogP contribution in [-0.4, -0.2) is 40.0 Å². The van der Waals surface area contributed by atoms with Gasteiger partial charge in [-0.2, -0.15) is 0 Å². The van der Waals surface area contributed by atoms with Gasteiger partial charge in [0.25, 0.3) is 5.91 Å². The first-order chi connectivity index (χ1) is 10.1. The number of H-pyrrole nitrogens is 1. The van der Waals surface area contributed by atoms with Gasteiger partial charge in [-0.25, -0.2) is 0 Å². The highest BCUT2D eigenvalue weighted by Crippen LogP contribution is 2.25. The van der Waals surface area contributed by atoms with Crippen molar-refractivity contribution in [2.45, 2.75) is 19.3 Å². The number of benzene rings is 1. The van der Waals surface area contributed by atoms with Crippen molar-refractivity contribution in [1.82, 2.24) is 9.88 Å². The number of para-hydroxylation sites is 1. The summed E-state index contributed by atoms with van der Waals surface area (Å²) in [7, 11) is 0. The fraction of sp³-hybridized carbons (Fsp3) is 0.375. The van der Waals surface area contributed by atoms with Crippen LogP contribution in [0.3, 0.4) is 0 Å². The predicted molar refractivity (Wildman–Crippen MR) is 79.2 cm³/mol. The molecule has 1 aromatic heterocycles. The highest BCUT2D eigenvalue weighted by atomic mass is 16.4. The molecule has 1 aliphatic heterocycles. The Morgan fingerprint density at radius 2 is 2.19 bits per heavy atom. The smallest absolute Gasteiger partial charge is 0.303 e. The van der Waals surface area contributed by atoms with Crippen molar-refractivity contribution >= 4 is 22.8 Å². The number of nitrogens with zero attached hydrogens (tertiary/aromatic N) is 1. The van der Waals surface area contributed by atoms with Crippen molar-refractivity contribution in [2.75, 3.05) is 13.1 Å². The third kappa shape index (κ3) is 2.77. The summed E-state index contributed by atoms with van der Waals surface area (Å²) in [5, 5.41) is 9.77. The normalized spacial score (nSPS) is 18.3. The zero-order valence-corrected chi connectivity index (χ0v) is 11.7. The van der Waals surface area contributed by atoms with E-state index in [1.54, 1.807) is 0 Å². The van der Waals surface area contributed by atoms with Crippen LogP contribution < -0.4 is 0 Å². The number of carbonyl (C=O) groups is 2. The minimum atomic E-state index is -0.768. The molecule has 1 aromatic carbocycles. The monoisotopic (exact) mass is 286 g/mol. The number of hydrogen-bond acceptors (Lipinski definition) is 2. The van der Waals surface area contributed by atoms with Crippen molar-refractivity contribution in [2.24, 2.45) is 5.92 Å². The second-order valence-electron chi connectivity index (χ2n) is 5.59. The summed E-state index contributed by atoms with van der Waals surface area (Å²) >= 11 is 0. The Morgan fingerprint density at radius 1 is 1.33 bits per heavy atom. The number of carbonyl (C=O) groups excluding carboxylic acids is 1. The van der Waals surface area contributed by atoms with Crippen molar-refractivity contribution in [1.29, 1.82) is 0 Å². The molecule has 3 rings (SSSR count). The van der Waals surface area contributed by atoms with E-state index >= 15 is 0 Å². The maximum Gasteiger partial charge on any atom is 0.303 e. The van der Waals surface area contributed by atoms with Crippen LogP contribution in [0.1, 0.15) is 29.6 Å². The lowest BCUT2D eigenvalue weighted by molar-refractivity contribution is -0.137. The van der Waals surface area contributed by atoms with Crippen molar-refractivity contribution in [3.8, 4) is 0 Å². The molecule has 1 aliphatic rings. The molecule has 1 saturated heterocycles. The van der Waals surface area contributed by atoms with Gasteiger partial charge in [0.2, 0.25) is 0 Å². The Morgan fingerprint density at radius 3 is 3.00 bits per heavy atom. The Balaban J connectivity index is 1.72. The minimum Gasteiger partial charge on any atom is -0.481 e. The second kappa shape index (κ2) is 5.60. The van der Waals surface area contributed by atoms with Gasteiger partial charge in [-0.1, -0.05) is 12.1 Å². The molecule has 1 fully saturated rings. The standard InChI is InChI=1S/C16H18N2O3/c19-14(20)5-4-11-7-9-18(10-11)16(21)13-3-1-2-12-6-8-17-15(12)13/h1-3,6,8,11,17H,4-5,7,9-10H2,(H,19,20). The van der Waals surface area contributed by atoms with E-state index in [0.29, 0.717) is 31.0 Å². The van der Waals surface area contributed by atoms with Crippen molar-refractivity contribution in [3.63, 3.8) is 0 Å². The van der Waals surface area contributed by atoms with Crippen LogP contribution in [0.4, 0.5) is 0 Å². The average Bonchev–Trinajstić information content (AvgIpc) is 3.12. The number of aromatic amines is 1. The summed E-state index contributed by atoms with van der Waals surface area (Å²) in [5.41, 5.74) is 1.56. The molecule has 5 nitrogen and oxygen atoms in total. The number of likely N-dealkylation sites (tertiary alicyclic amines) is 1.